The Balaban J connectivity index is 1.43. The van der Waals surface area contributed by atoms with E-state index >= 15 is 0 Å². The molecule has 0 bridgehead atoms. The quantitative estimate of drug-likeness (QED) is 0.809. The van der Waals surface area contributed by atoms with Gasteiger partial charge in [-0.3, -0.25) is 9.69 Å². The lowest BCUT2D eigenvalue weighted by Gasteiger charge is -2.32. The van der Waals surface area contributed by atoms with Crippen molar-refractivity contribution >= 4 is 5.91 Å². The van der Waals surface area contributed by atoms with Crippen molar-refractivity contribution in [1.82, 2.24) is 9.80 Å². The van der Waals surface area contributed by atoms with Crippen LogP contribution in [0.2, 0.25) is 0 Å². The van der Waals surface area contributed by atoms with Crippen LogP contribution in [0.25, 0.3) is 0 Å². The van der Waals surface area contributed by atoms with Crippen LogP contribution in [-0.4, -0.2) is 49.5 Å². The Bertz CT molecular complexity index is 515. The second kappa shape index (κ2) is 7.35. The Morgan fingerprint density at radius 1 is 1.13 bits per heavy atom. The molecule has 0 unspecified atom stereocenters. The number of ether oxygens (including phenoxy) is 1. The van der Waals surface area contributed by atoms with Crippen LogP contribution in [0.4, 0.5) is 0 Å². The van der Waals surface area contributed by atoms with Crippen LogP contribution >= 0.6 is 0 Å². The molecule has 4 nitrogen and oxygen atoms in total. The molecule has 1 aliphatic heterocycles. The predicted octanol–water partition coefficient (Wildman–Crippen LogP) is 2.78. The van der Waals surface area contributed by atoms with Crippen molar-refractivity contribution in [3.05, 3.63) is 29.8 Å². The first kappa shape index (κ1) is 16.3. The molecule has 1 heterocycles. The molecule has 0 N–H and O–H groups in total. The maximum Gasteiger partial charge on any atom is 0.225 e. The summed E-state index contributed by atoms with van der Waals surface area (Å²) in [6, 6.07) is 8.50. The van der Waals surface area contributed by atoms with Crippen LogP contribution in [0.1, 0.15) is 31.2 Å². The lowest BCUT2D eigenvalue weighted by Crippen LogP contribution is -2.39. The van der Waals surface area contributed by atoms with Gasteiger partial charge in [0.2, 0.25) is 5.91 Å². The fourth-order valence-corrected chi connectivity index (χ4v) is 3.15. The molecule has 1 aliphatic carbocycles. The Morgan fingerprint density at radius 2 is 1.78 bits per heavy atom. The van der Waals surface area contributed by atoms with Crippen molar-refractivity contribution in [2.75, 3.05) is 33.8 Å². The van der Waals surface area contributed by atoms with E-state index in [2.05, 4.69) is 29.2 Å². The van der Waals surface area contributed by atoms with E-state index in [1.54, 1.807) is 4.90 Å². The minimum atomic E-state index is 0.208. The summed E-state index contributed by atoms with van der Waals surface area (Å²) >= 11 is 0. The molecule has 0 atom stereocenters. The van der Waals surface area contributed by atoms with Gasteiger partial charge in [-0.05, 0) is 62.4 Å². The summed E-state index contributed by atoms with van der Waals surface area (Å²) in [7, 11) is 3.70. The zero-order chi connectivity index (χ0) is 16.2. The van der Waals surface area contributed by atoms with Crippen LogP contribution in [0, 0.1) is 11.8 Å². The average Bonchev–Trinajstić information content (AvgIpc) is 3.38. The number of carbonyl (C=O) groups excluding carboxylic acids is 1. The SMILES string of the molecule is CN(C)C(=O)C1CCN(Cc2ccc(OCC3CC3)cc2)CC1. The Morgan fingerprint density at radius 3 is 2.35 bits per heavy atom. The summed E-state index contributed by atoms with van der Waals surface area (Å²) < 4.78 is 5.78. The van der Waals surface area contributed by atoms with Crippen LogP contribution < -0.4 is 4.74 Å². The number of benzene rings is 1. The molecule has 0 radical (unpaired) electrons. The first-order chi connectivity index (χ1) is 11.1. The highest BCUT2D eigenvalue weighted by Gasteiger charge is 2.26. The fraction of sp³-hybridized carbons (Fsp3) is 0.632. The van der Waals surface area contributed by atoms with Gasteiger partial charge in [-0.25, -0.2) is 0 Å². The average molecular weight is 316 g/mol. The van der Waals surface area contributed by atoms with Gasteiger partial charge in [-0.15, -0.1) is 0 Å². The molecule has 1 aromatic carbocycles. The lowest BCUT2D eigenvalue weighted by atomic mass is 9.95. The van der Waals surface area contributed by atoms with E-state index in [0.717, 1.165) is 50.8 Å². The highest BCUT2D eigenvalue weighted by atomic mass is 16.5. The maximum absolute atomic E-state index is 12.0. The van der Waals surface area contributed by atoms with Gasteiger partial charge in [-0.2, -0.15) is 0 Å². The highest BCUT2D eigenvalue weighted by Crippen LogP contribution is 2.29. The number of likely N-dealkylation sites (tertiary alicyclic amines) is 1. The van der Waals surface area contributed by atoms with Gasteiger partial charge in [-0.1, -0.05) is 12.1 Å². The van der Waals surface area contributed by atoms with E-state index in [4.69, 9.17) is 4.74 Å². The van der Waals surface area contributed by atoms with Gasteiger partial charge in [0.15, 0.2) is 0 Å². The van der Waals surface area contributed by atoms with Crippen molar-refractivity contribution in [3.63, 3.8) is 0 Å². The third kappa shape index (κ3) is 4.71. The molecule has 0 spiro atoms. The molecule has 1 aromatic rings. The first-order valence-electron chi connectivity index (χ1n) is 8.77. The zero-order valence-electron chi connectivity index (χ0n) is 14.3. The molecule has 1 saturated heterocycles. The van der Waals surface area contributed by atoms with Crippen molar-refractivity contribution in [2.45, 2.75) is 32.2 Å². The van der Waals surface area contributed by atoms with E-state index < -0.39 is 0 Å². The smallest absolute Gasteiger partial charge is 0.225 e. The monoisotopic (exact) mass is 316 g/mol. The van der Waals surface area contributed by atoms with Crippen LogP contribution in [0.3, 0.4) is 0 Å². The molecule has 0 aromatic heterocycles. The minimum Gasteiger partial charge on any atom is -0.493 e. The summed E-state index contributed by atoms with van der Waals surface area (Å²) in [6.07, 6.45) is 4.59. The topological polar surface area (TPSA) is 32.8 Å². The molecule has 1 amide bonds. The highest BCUT2D eigenvalue weighted by molar-refractivity contribution is 5.78. The molecule has 4 heteroatoms. The number of rotatable bonds is 6. The standard InChI is InChI=1S/C19H28N2O2/c1-20(2)19(22)17-9-11-21(12-10-17)13-15-5-7-18(8-6-15)23-14-16-3-4-16/h5-8,16-17H,3-4,9-14H2,1-2H3. The zero-order valence-corrected chi connectivity index (χ0v) is 14.3. The second-order valence-corrected chi connectivity index (χ2v) is 7.18. The molecule has 126 valence electrons. The number of piperidine rings is 1. The van der Waals surface area contributed by atoms with Gasteiger partial charge in [0.05, 0.1) is 6.61 Å². The fourth-order valence-electron chi connectivity index (χ4n) is 3.15. The van der Waals surface area contributed by atoms with Crippen molar-refractivity contribution in [3.8, 4) is 5.75 Å². The summed E-state index contributed by atoms with van der Waals surface area (Å²) in [6.45, 7) is 3.84. The first-order valence-corrected chi connectivity index (χ1v) is 8.77. The van der Waals surface area contributed by atoms with Gasteiger partial charge >= 0.3 is 0 Å². The Labute approximate surface area is 139 Å². The summed E-state index contributed by atoms with van der Waals surface area (Å²) in [5, 5.41) is 0. The molecule has 2 fully saturated rings. The predicted molar refractivity (Wildman–Crippen MR) is 91.4 cm³/mol. The van der Waals surface area contributed by atoms with Crippen molar-refractivity contribution in [1.29, 1.82) is 0 Å². The van der Waals surface area contributed by atoms with Crippen LogP contribution in [0.15, 0.2) is 24.3 Å². The number of nitrogens with zero attached hydrogens (tertiary/aromatic N) is 2. The van der Waals surface area contributed by atoms with Gasteiger partial charge in [0.25, 0.3) is 0 Å². The largest absolute Gasteiger partial charge is 0.493 e. The van der Waals surface area contributed by atoms with E-state index in [1.165, 1.54) is 18.4 Å². The van der Waals surface area contributed by atoms with Gasteiger partial charge in [0.1, 0.15) is 5.75 Å². The molecular weight excluding hydrogens is 288 g/mol. The third-order valence-corrected chi connectivity index (χ3v) is 4.89. The van der Waals surface area contributed by atoms with E-state index in [9.17, 15) is 4.79 Å². The van der Waals surface area contributed by atoms with Gasteiger partial charge in [0, 0.05) is 26.6 Å². The molecule has 23 heavy (non-hydrogen) atoms. The molecular formula is C19H28N2O2. The maximum atomic E-state index is 12.0. The summed E-state index contributed by atoms with van der Waals surface area (Å²) in [5.41, 5.74) is 1.32. The number of hydrogen-bond donors (Lipinski definition) is 0. The summed E-state index contributed by atoms with van der Waals surface area (Å²) in [5.74, 6) is 2.26. The molecule has 3 rings (SSSR count). The molecule has 1 saturated carbocycles. The number of hydrogen-bond acceptors (Lipinski definition) is 3. The van der Waals surface area contributed by atoms with E-state index in [1.807, 2.05) is 14.1 Å². The normalized spacial score (nSPS) is 19.6. The Hall–Kier alpha value is -1.55. The number of amides is 1. The van der Waals surface area contributed by atoms with Crippen molar-refractivity contribution < 1.29 is 9.53 Å². The lowest BCUT2D eigenvalue weighted by molar-refractivity contribution is -0.134. The van der Waals surface area contributed by atoms with Crippen LogP contribution in [-0.2, 0) is 11.3 Å². The second-order valence-electron chi connectivity index (χ2n) is 7.18. The molecule has 2 aliphatic rings. The van der Waals surface area contributed by atoms with Crippen molar-refractivity contribution in [2.24, 2.45) is 11.8 Å². The van der Waals surface area contributed by atoms with E-state index in [0.29, 0.717) is 0 Å². The Kier molecular flexibility index (Phi) is 5.21. The van der Waals surface area contributed by atoms with E-state index in [-0.39, 0.29) is 11.8 Å². The third-order valence-electron chi connectivity index (χ3n) is 4.89. The van der Waals surface area contributed by atoms with Crippen LogP contribution in [0.5, 0.6) is 5.75 Å². The minimum absolute atomic E-state index is 0.208. The summed E-state index contributed by atoms with van der Waals surface area (Å²) in [4.78, 5) is 16.2. The van der Waals surface area contributed by atoms with Gasteiger partial charge < -0.3 is 9.64 Å². The number of carbonyl (C=O) groups is 1.